The van der Waals surface area contributed by atoms with Crippen LogP contribution in [-0.4, -0.2) is 43.1 Å². The second-order valence-corrected chi connectivity index (χ2v) is 5.11. The van der Waals surface area contributed by atoms with Crippen molar-refractivity contribution in [3.63, 3.8) is 0 Å². The molecule has 0 bridgehead atoms. The summed E-state index contributed by atoms with van der Waals surface area (Å²) in [6, 6.07) is 5.34. The Balaban J connectivity index is 2.01. The molecule has 1 aromatic carbocycles. The molecular weight excluding hydrogens is 228 g/mol. The molecule has 4 nitrogen and oxygen atoms in total. The highest BCUT2D eigenvalue weighted by atomic mass is 16.3. The highest BCUT2D eigenvalue weighted by Gasteiger charge is 2.25. The minimum atomic E-state index is -0.197. The van der Waals surface area contributed by atoms with Crippen LogP contribution in [0.3, 0.4) is 0 Å². The summed E-state index contributed by atoms with van der Waals surface area (Å²) in [6.07, 6.45) is 2.37. The van der Waals surface area contributed by atoms with Crippen molar-refractivity contribution >= 4 is 5.91 Å². The van der Waals surface area contributed by atoms with Gasteiger partial charge in [-0.05, 0) is 50.6 Å². The van der Waals surface area contributed by atoms with Gasteiger partial charge in [-0.3, -0.25) is 4.79 Å². The molecule has 0 saturated heterocycles. The minimum Gasteiger partial charge on any atom is -0.507 e. The van der Waals surface area contributed by atoms with Gasteiger partial charge in [0.05, 0.1) is 5.56 Å². The van der Waals surface area contributed by atoms with Gasteiger partial charge in [-0.15, -0.1) is 0 Å². The summed E-state index contributed by atoms with van der Waals surface area (Å²) in [5.41, 5.74) is 1.55. The van der Waals surface area contributed by atoms with Crippen LogP contribution in [0, 0.1) is 0 Å². The van der Waals surface area contributed by atoms with Crippen molar-refractivity contribution in [2.45, 2.75) is 18.8 Å². The summed E-state index contributed by atoms with van der Waals surface area (Å²) in [6.45, 7) is 1.37. The first kappa shape index (κ1) is 12.9. The molecule has 1 fully saturated rings. The molecule has 1 aliphatic rings. The molecule has 1 amide bonds. The normalized spacial score (nSPS) is 14.8. The lowest BCUT2D eigenvalue weighted by Crippen LogP contribution is -2.31. The minimum absolute atomic E-state index is 0.0572. The number of benzene rings is 1. The fraction of sp³-hybridized carbons (Fsp3) is 0.500. The number of nitrogens with zero attached hydrogens (tertiary/aromatic N) is 1. The third-order valence-corrected chi connectivity index (χ3v) is 3.16. The molecule has 1 aromatic rings. The van der Waals surface area contributed by atoms with Crippen LogP contribution in [-0.2, 0) is 0 Å². The van der Waals surface area contributed by atoms with E-state index in [2.05, 4.69) is 5.32 Å². The number of likely N-dealkylation sites (N-methyl/N-ethyl adjacent to an activating group) is 1. The van der Waals surface area contributed by atoms with Crippen molar-refractivity contribution in [3.8, 4) is 5.75 Å². The fourth-order valence-electron chi connectivity index (χ4n) is 1.89. The second kappa shape index (κ2) is 5.40. The van der Waals surface area contributed by atoms with Crippen molar-refractivity contribution in [2.75, 3.05) is 27.2 Å². The van der Waals surface area contributed by atoms with E-state index in [9.17, 15) is 9.90 Å². The van der Waals surface area contributed by atoms with Crippen molar-refractivity contribution < 1.29 is 9.90 Å². The third-order valence-electron chi connectivity index (χ3n) is 3.16. The van der Waals surface area contributed by atoms with Crippen LogP contribution < -0.4 is 5.32 Å². The SMILES string of the molecule is CN(C)CCNC(=O)c1cc(C2CC2)ccc1O. The van der Waals surface area contributed by atoms with E-state index in [0.717, 1.165) is 12.1 Å². The van der Waals surface area contributed by atoms with Crippen molar-refractivity contribution in [1.82, 2.24) is 10.2 Å². The van der Waals surface area contributed by atoms with Crippen LogP contribution in [0.2, 0.25) is 0 Å². The summed E-state index contributed by atoms with van der Waals surface area (Å²) in [5.74, 6) is 0.442. The lowest BCUT2D eigenvalue weighted by molar-refractivity contribution is 0.0948. The molecule has 1 saturated carbocycles. The zero-order chi connectivity index (χ0) is 13.1. The van der Waals surface area contributed by atoms with Crippen LogP contribution in [0.1, 0.15) is 34.7 Å². The number of carbonyl (C=O) groups is 1. The van der Waals surface area contributed by atoms with Gasteiger partial charge in [-0.25, -0.2) is 0 Å². The monoisotopic (exact) mass is 248 g/mol. The van der Waals surface area contributed by atoms with E-state index in [1.54, 1.807) is 6.07 Å². The molecular formula is C14H20N2O2. The molecule has 0 aromatic heterocycles. The van der Waals surface area contributed by atoms with Gasteiger partial charge in [0.25, 0.3) is 5.91 Å². The lowest BCUT2D eigenvalue weighted by atomic mass is 10.1. The Morgan fingerprint density at radius 1 is 1.44 bits per heavy atom. The van der Waals surface area contributed by atoms with Crippen LogP contribution in [0.15, 0.2) is 18.2 Å². The second-order valence-electron chi connectivity index (χ2n) is 5.11. The first-order valence-electron chi connectivity index (χ1n) is 6.34. The van der Waals surface area contributed by atoms with E-state index in [4.69, 9.17) is 0 Å². The zero-order valence-corrected chi connectivity index (χ0v) is 10.9. The van der Waals surface area contributed by atoms with Crippen molar-refractivity contribution in [1.29, 1.82) is 0 Å². The van der Waals surface area contributed by atoms with Crippen LogP contribution in [0.5, 0.6) is 5.75 Å². The Labute approximate surface area is 108 Å². The number of hydrogen-bond donors (Lipinski definition) is 2. The highest BCUT2D eigenvalue weighted by Crippen LogP contribution is 2.41. The average molecular weight is 248 g/mol. The molecule has 18 heavy (non-hydrogen) atoms. The van der Waals surface area contributed by atoms with Crippen LogP contribution in [0.4, 0.5) is 0 Å². The maximum atomic E-state index is 12.0. The maximum Gasteiger partial charge on any atom is 0.255 e. The Morgan fingerprint density at radius 2 is 2.17 bits per heavy atom. The van der Waals surface area contributed by atoms with E-state index >= 15 is 0 Å². The number of rotatable bonds is 5. The first-order chi connectivity index (χ1) is 8.58. The predicted octanol–water partition coefficient (Wildman–Crippen LogP) is 1.56. The lowest BCUT2D eigenvalue weighted by Gasteiger charge is -2.11. The zero-order valence-electron chi connectivity index (χ0n) is 10.9. The molecule has 0 spiro atoms. The maximum absolute atomic E-state index is 12.0. The summed E-state index contributed by atoms with van der Waals surface area (Å²) >= 11 is 0. The smallest absolute Gasteiger partial charge is 0.255 e. The molecule has 2 rings (SSSR count). The van der Waals surface area contributed by atoms with E-state index < -0.39 is 0 Å². The molecule has 0 aliphatic heterocycles. The third kappa shape index (κ3) is 3.23. The molecule has 0 atom stereocenters. The molecule has 98 valence electrons. The Kier molecular flexibility index (Phi) is 3.87. The van der Waals surface area contributed by atoms with Crippen LogP contribution >= 0.6 is 0 Å². The molecule has 4 heteroatoms. The Bertz CT molecular complexity index is 439. The average Bonchev–Trinajstić information content (AvgIpc) is 3.13. The largest absolute Gasteiger partial charge is 0.507 e. The number of hydrogen-bond acceptors (Lipinski definition) is 3. The van der Waals surface area contributed by atoms with Gasteiger partial charge in [0.1, 0.15) is 5.75 Å². The molecule has 1 aliphatic carbocycles. The summed E-state index contributed by atoms with van der Waals surface area (Å²) < 4.78 is 0. The number of aromatic hydroxyl groups is 1. The first-order valence-corrected chi connectivity index (χ1v) is 6.34. The number of carbonyl (C=O) groups excluding carboxylic acids is 1. The summed E-state index contributed by atoms with van der Waals surface area (Å²) in [5, 5.41) is 12.6. The number of phenols is 1. The van der Waals surface area contributed by atoms with Crippen molar-refractivity contribution in [3.05, 3.63) is 29.3 Å². The van der Waals surface area contributed by atoms with E-state index in [1.807, 2.05) is 31.1 Å². The van der Waals surface area contributed by atoms with Gasteiger partial charge in [0.15, 0.2) is 0 Å². The number of nitrogens with one attached hydrogen (secondary N) is 1. The van der Waals surface area contributed by atoms with Gasteiger partial charge < -0.3 is 15.3 Å². The van der Waals surface area contributed by atoms with E-state index in [1.165, 1.54) is 12.8 Å². The molecule has 0 heterocycles. The number of phenolic OH excluding ortho intramolecular Hbond substituents is 1. The molecule has 2 N–H and O–H groups in total. The molecule has 0 radical (unpaired) electrons. The van der Waals surface area contributed by atoms with Gasteiger partial charge >= 0.3 is 0 Å². The van der Waals surface area contributed by atoms with Crippen molar-refractivity contribution in [2.24, 2.45) is 0 Å². The highest BCUT2D eigenvalue weighted by molar-refractivity contribution is 5.97. The quantitative estimate of drug-likeness (QED) is 0.831. The van der Waals surface area contributed by atoms with Crippen LogP contribution in [0.25, 0.3) is 0 Å². The number of amides is 1. The Morgan fingerprint density at radius 3 is 2.78 bits per heavy atom. The molecule has 0 unspecified atom stereocenters. The van der Waals surface area contributed by atoms with E-state index in [0.29, 0.717) is 18.0 Å². The predicted molar refractivity (Wildman–Crippen MR) is 71.0 cm³/mol. The van der Waals surface area contributed by atoms with E-state index in [-0.39, 0.29) is 11.7 Å². The summed E-state index contributed by atoms with van der Waals surface area (Å²) in [4.78, 5) is 14.0. The van der Waals surface area contributed by atoms with Gasteiger partial charge in [-0.2, -0.15) is 0 Å². The summed E-state index contributed by atoms with van der Waals surface area (Å²) in [7, 11) is 3.91. The fourth-order valence-corrected chi connectivity index (χ4v) is 1.89. The van der Waals surface area contributed by atoms with Gasteiger partial charge in [-0.1, -0.05) is 6.07 Å². The standard InChI is InChI=1S/C14H20N2O2/c1-16(2)8-7-15-14(18)12-9-11(10-3-4-10)5-6-13(12)17/h5-6,9-10,17H,3-4,7-8H2,1-2H3,(H,15,18). The Hall–Kier alpha value is -1.55. The topological polar surface area (TPSA) is 52.6 Å². The van der Waals surface area contributed by atoms with Gasteiger partial charge in [0.2, 0.25) is 0 Å². The van der Waals surface area contributed by atoms with Gasteiger partial charge in [0, 0.05) is 13.1 Å².